The lowest BCUT2D eigenvalue weighted by atomic mass is 10.3. The Hall–Kier alpha value is -1.17. The Morgan fingerprint density at radius 1 is 1.53 bits per heavy atom. The largest absolute Gasteiger partial charge is 0.391 e. The molecular weight excluding hydrogens is 260 g/mol. The number of β-amino-alcohol motifs (C(OH)–C–C–N with tert-alkyl or cyclic N) is 1. The highest BCUT2D eigenvalue weighted by atomic mass is 35.5. The minimum atomic E-state index is -0.593. The number of benzene rings is 1. The molecule has 0 saturated carbocycles. The molecule has 0 aliphatic carbocycles. The van der Waals surface area contributed by atoms with Crippen LogP contribution in [0.15, 0.2) is 18.2 Å². The van der Waals surface area contributed by atoms with Gasteiger partial charge in [0.25, 0.3) is 0 Å². The molecule has 6 heteroatoms. The molecule has 0 radical (unpaired) electrons. The first-order valence-electron chi connectivity index (χ1n) is 5.18. The molecule has 1 aliphatic heterocycles. The van der Waals surface area contributed by atoms with Gasteiger partial charge in [0.15, 0.2) is 5.13 Å². The molecule has 2 heterocycles. The summed E-state index contributed by atoms with van der Waals surface area (Å²) >= 11 is 7.45. The van der Waals surface area contributed by atoms with Gasteiger partial charge < -0.3 is 5.11 Å². The highest BCUT2D eigenvalue weighted by molar-refractivity contribution is 7.22. The van der Waals surface area contributed by atoms with Crippen LogP contribution in [-0.4, -0.2) is 28.6 Å². The summed E-state index contributed by atoms with van der Waals surface area (Å²) < 4.78 is 0.946. The highest BCUT2D eigenvalue weighted by Gasteiger charge is 2.31. The summed E-state index contributed by atoms with van der Waals surface area (Å²) in [6.45, 7) is 0.316. The fourth-order valence-corrected chi connectivity index (χ4v) is 3.18. The van der Waals surface area contributed by atoms with Crippen LogP contribution >= 0.6 is 22.9 Å². The molecule has 0 bridgehead atoms. The van der Waals surface area contributed by atoms with Crippen molar-refractivity contribution in [2.75, 3.05) is 11.4 Å². The zero-order valence-corrected chi connectivity index (χ0v) is 10.3. The SMILES string of the molecule is O=C1CC(O)CN1c1nc2c(Cl)cccc2s1. The zero-order chi connectivity index (χ0) is 12.0. The van der Waals surface area contributed by atoms with Gasteiger partial charge in [0.1, 0.15) is 5.52 Å². The molecule has 2 aromatic rings. The maximum Gasteiger partial charge on any atom is 0.231 e. The number of thiazole rings is 1. The monoisotopic (exact) mass is 268 g/mol. The molecule has 4 nitrogen and oxygen atoms in total. The second kappa shape index (κ2) is 3.94. The molecule has 3 rings (SSSR count). The Labute approximate surface area is 106 Å². The van der Waals surface area contributed by atoms with Gasteiger partial charge in [-0.1, -0.05) is 29.0 Å². The second-order valence-electron chi connectivity index (χ2n) is 3.95. The summed E-state index contributed by atoms with van der Waals surface area (Å²) in [5, 5.41) is 10.6. The van der Waals surface area contributed by atoms with E-state index in [1.54, 1.807) is 6.07 Å². The summed E-state index contributed by atoms with van der Waals surface area (Å²) in [6.07, 6.45) is -0.422. The van der Waals surface area contributed by atoms with Gasteiger partial charge in [-0.2, -0.15) is 0 Å². The van der Waals surface area contributed by atoms with Crippen LogP contribution in [0.1, 0.15) is 6.42 Å². The first-order valence-corrected chi connectivity index (χ1v) is 6.38. The van der Waals surface area contributed by atoms with Gasteiger partial charge in [-0.05, 0) is 12.1 Å². The van der Waals surface area contributed by atoms with Crippen LogP contribution in [0.4, 0.5) is 5.13 Å². The van der Waals surface area contributed by atoms with E-state index in [2.05, 4.69) is 4.98 Å². The number of aliphatic hydroxyl groups excluding tert-OH is 1. The van der Waals surface area contributed by atoms with Crippen LogP contribution in [0.3, 0.4) is 0 Å². The number of carbonyl (C=O) groups excluding carboxylic acids is 1. The fraction of sp³-hybridized carbons (Fsp3) is 0.273. The summed E-state index contributed by atoms with van der Waals surface area (Å²) in [4.78, 5) is 17.5. The Morgan fingerprint density at radius 2 is 2.35 bits per heavy atom. The Bertz CT molecular complexity index is 598. The molecule has 1 aromatic carbocycles. The van der Waals surface area contributed by atoms with Gasteiger partial charge in [-0.25, -0.2) is 4.98 Å². The van der Waals surface area contributed by atoms with E-state index >= 15 is 0 Å². The number of hydrogen-bond acceptors (Lipinski definition) is 4. The summed E-state index contributed by atoms with van der Waals surface area (Å²) in [5.41, 5.74) is 0.711. The van der Waals surface area contributed by atoms with Crippen molar-refractivity contribution in [3.63, 3.8) is 0 Å². The molecule has 1 atom stereocenters. The van der Waals surface area contributed by atoms with Crippen molar-refractivity contribution in [1.29, 1.82) is 0 Å². The van der Waals surface area contributed by atoms with E-state index in [9.17, 15) is 9.90 Å². The van der Waals surface area contributed by atoms with Gasteiger partial charge in [0, 0.05) is 0 Å². The smallest absolute Gasteiger partial charge is 0.231 e. The van der Waals surface area contributed by atoms with Gasteiger partial charge in [-0.15, -0.1) is 0 Å². The van der Waals surface area contributed by atoms with Gasteiger partial charge in [0.2, 0.25) is 5.91 Å². The zero-order valence-electron chi connectivity index (χ0n) is 8.76. The molecule has 1 fully saturated rings. The third kappa shape index (κ3) is 1.80. The number of hydrogen-bond donors (Lipinski definition) is 1. The molecule has 88 valence electrons. The average molecular weight is 269 g/mol. The van der Waals surface area contributed by atoms with E-state index in [1.165, 1.54) is 16.2 Å². The standard InChI is InChI=1S/C11H9ClN2O2S/c12-7-2-1-3-8-10(7)13-11(17-8)14-5-6(15)4-9(14)16/h1-3,6,15H,4-5H2. The van der Waals surface area contributed by atoms with Crippen molar-refractivity contribution >= 4 is 44.2 Å². The Morgan fingerprint density at radius 3 is 3.00 bits per heavy atom. The van der Waals surface area contributed by atoms with Crippen molar-refractivity contribution in [2.45, 2.75) is 12.5 Å². The van der Waals surface area contributed by atoms with Crippen LogP contribution in [0, 0.1) is 0 Å². The normalized spacial score (nSPS) is 20.5. The number of nitrogens with zero attached hydrogens (tertiary/aromatic N) is 2. The minimum absolute atomic E-state index is 0.0901. The van der Waals surface area contributed by atoms with E-state index in [0.29, 0.717) is 22.2 Å². The first kappa shape index (κ1) is 11.0. The van der Waals surface area contributed by atoms with Crippen molar-refractivity contribution < 1.29 is 9.90 Å². The van der Waals surface area contributed by atoms with Crippen LogP contribution in [0.5, 0.6) is 0 Å². The molecule has 1 N–H and O–H groups in total. The van der Waals surface area contributed by atoms with E-state index in [1.807, 2.05) is 12.1 Å². The summed E-state index contributed by atoms with van der Waals surface area (Å²) in [5.74, 6) is -0.0901. The minimum Gasteiger partial charge on any atom is -0.391 e. The first-order chi connectivity index (χ1) is 8.15. The third-order valence-electron chi connectivity index (χ3n) is 2.69. The molecule has 1 amide bonds. The number of anilines is 1. The number of halogens is 1. The molecule has 1 aliphatic rings. The van der Waals surface area contributed by atoms with E-state index in [0.717, 1.165) is 4.70 Å². The summed E-state index contributed by atoms with van der Waals surface area (Å²) in [7, 11) is 0. The molecule has 1 saturated heterocycles. The lowest BCUT2D eigenvalue weighted by molar-refractivity contribution is -0.117. The lowest BCUT2D eigenvalue weighted by Crippen LogP contribution is -2.24. The quantitative estimate of drug-likeness (QED) is 0.861. The number of aromatic nitrogens is 1. The number of aliphatic hydroxyl groups is 1. The van der Waals surface area contributed by atoms with Crippen molar-refractivity contribution in [3.8, 4) is 0 Å². The van der Waals surface area contributed by atoms with Crippen LogP contribution < -0.4 is 4.90 Å². The molecular formula is C11H9ClN2O2S. The van der Waals surface area contributed by atoms with Crippen LogP contribution in [0.25, 0.3) is 10.2 Å². The van der Waals surface area contributed by atoms with Crippen molar-refractivity contribution in [1.82, 2.24) is 4.98 Å². The molecule has 1 unspecified atom stereocenters. The van der Waals surface area contributed by atoms with Gasteiger partial charge >= 0.3 is 0 Å². The number of para-hydroxylation sites is 1. The fourth-order valence-electron chi connectivity index (χ4n) is 1.89. The van der Waals surface area contributed by atoms with Crippen molar-refractivity contribution in [3.05, 3.63) is 23.2 Å². The van der Waals surface area contributed by atoms with Crippen LogP contribution in [-0.2, 0) is 4.79 Å². The molecule has 0 spiro atoms. The molecule has 17 heavy (non-hydrogen) atoms. The predicted octanol–water partition coefficient (Wildman–Crippen LogP) is 2.05. The predicted molar refractivity (Wildman–Crippen MR) is 67.6 cm³/mol. The highest BCUT2D eigenvalue weighted by Crippen LogP contribution is 2.34. The Balaban J connectivity index is 2.07. The average Bonchev–Trinajstić information content (AvgIpc) is 2.82. The maximum atomic E-state index is 11.6. The summed E-state index contributed by atoms with van der Waals surface area (Å²) in [6, 6.07) is 5.54. The topological polar surface area (TPSA) is 53.4 Å². The number of amides is 1. The Kier molecular flexibility index (Phi) is 2.54. The number of fused-ring (bicyclic) bond motifs is 1. The van der Waals surface area contributed by atoms with Gasteiger partial charge in [-0.3, -0.25) is 9.69 Å². The molecule has 1 aromatic heterocycles. The number of rotatable bonds is 1. The lowest BCUT2D eigenvalue weighted by Gasteiger charge is -2.10. The second-order valence-corrected chi connectivity index (χ2v) is 5.36. The number of carbonyl (C=O) groups is 1. The maximum absolute atomic E-state index is 11.6. The van der Waals surface area contributed by atoms with E-state index in [4.69, 9.17) is 11.6 Å². The van der Waals surface area contributed by atoms with Crippen LogP contribution in [0.2, 0.25) is 5.02 Å². The third-order valence-corrected chi connectivity index (χ3v) is 4.04. The van der Waals surface area contributed by atoms with E-state index < -0.39 is 6.10 Å². The van der Waals surface area contributed by atoms with E-state index in [-0.39, 0.29) is 12.3 Å². The van der Waals surface area contributed by atoms with Gasteiger partial charge in [0.05, 0.1) is 28.8 Å². The van der Waals surface area contributed by atoms with Crippen molar-refractivity contribution in [2.24, 2.45) is 0 Å².